The quantitative estimate of drug-likeness (QED) is 0.359. The van der Waals surface area contributed by atoms with Crippen molar-refractivity contribution < 1.29 is 8.42 Å². The van der Waals surface area contributed by atoms with Crippen LogP contribution in [0.1, 0.15) is 12.8 Å². The van der Waals surface area contributed by atoms with Crippen molar-refractivity contribution in [1.82, 2.24) is 4.98 Å². The van der Waals surface area contributed by atoms with Crippen molar-refractivity contribution in [3.63, 3.8) is 0 Å². The molecule has 4 rings (SSSR count). The van der Waals surface area contributed by atoms with Crippen molar-refractivity contribution in [2.75, 3.05) is 18.0 Å². The smallest absolute Gasteiger partial charge is 0.185 e. The van der Waals surface area contributed by atoms with Crippen LogP contribution in [0.4, 0.5) is 5.13 Å². The zero-order valence-electron chi connectivity index (χ0n) is 15.2. The van der Waals surface area contributed by atoms with Crippen LogP contribution < -0.4 is 4.90 Å². The maximum Gasteiger partial charge on any atom is 0.185 e. The Kier molecular flexibility index (Phi) is 6.37. The molecule has 9 heteroatoms. The standard InChI is InChI=1S/C20H17Br2ClN2O2S2/c21-14-3-1-2-13(10-14)18-12-28-20(24-18)25-8-6-16(7-9-25)29(26,27)19-5-4-15(22)11-17(19)23/h1-5,10-12,16H,6-9H2. The van der Waals surface area contributed by atoms with Gasteiger partial charge in [-0.25, -0.2) is 13.4 Å². The Labute approximate surface area is 196 Å². The van der Waals surface area contributed by atoms with E-state index < -0.39 is 15.1 Å². The normalized spacial score (nSPS) is 15.6. The summed E-state index contributed by atoms with van der Waals surface area (Å²) in [5.74, 6) is 0. The Hall–Kier alpha value is -0.930. The molecule has 0 radical (unpaired) electrons. The van der Waals surface area contributed by atoms with E-state index in [9.17, 15) is 8.42 Å². The van der Waals surface area contributed by atoms with Gasteiger partial charge in [0.1, 0.15) is 0 Å². The first-order valence-corrected chi connectivity index (χ1v) is 13.4. The number of benzene rings is 2. The van der Waals surface area contributed by atoms with Gasteiger partial charge in [-0.05, 0) is 43.2 Å². The van der Waals surface area contributed by atoms with E-state index in [-0.39, 0.29) is 9.92 Å². The highest BCUT2D eigenvalue weighted by molar-refractivity contribution is 9.10. The van der Waals surface area contributed by atoms with Gasteiger partial charge < -0.3 is 4.90 Å². The molecule has 0 spiro atoms. The summed E-state index contributed by atoms with van der Waals surface area (Å²) < 4.78 is 27.9. The molecule has 0 bridgehead atoms. The molecule has 3 aromatic rings. The number of halogens is 3. The predicted octanol–water partition coefficient (Wildman–Crippen LogP) is 6.43. The molecule has 1 aromatic heterocycles. The summed E-state index contributed by atoms with van der Waals surface area (Å²) in [5, 5.41) is 2.81. The van der Waals surface area contributed by atoms with Crippen LogP contribution >= 0.6 is 54.8 Å². The minimum Gasteiger partial charge on any atom is -0.348 e. The zero-order chi connectivity index (χ0) is 20.6. The fourth-order valence-electron chi connectivity index (χ4n) is 3.43. The van der Waals surface area contributed by atoms with Crippen molar-refractivity contribution in [2.45, 2.75) is 23.0 Å². The Bertz CT molecular complexity index is 1140. The van der Waals surface area contributed by atoms with Gasteiger partial charge in [0.15, 0.2) is 15.0 Å². The summed E-state index contributed by atoms with van der Waals surface area (Å²) in [6, 6.07) is 13.0. The van der Waals surface area contributed by atoms with E-state index in [1.807, 2.05) is 29.6 Å². The number of nitrogens with zero attached hydrogens (tertiary/aromatic N) is 2. The highest BCUT2D eigenvalue weighted by Crippen LogP contribution is 2.34. The second-order valence-corrected chi connectivity index (χ2v) is 12.1. The van der Waals surface area contributed by atoms with Crippen LogP contribution in [-0.2, 0) is 9.84 Å². The van der Waals surface area contributed by atoms with Gasteiger partial charge >= 0.3 is 0 Å². The summed E-state index contributed by atoms with van der Waals surface area (Å²) in [4.78, 5) is 7.15. The molecular weight excluding hydrogens is 560 g/mol. The Balaban J connectivity index is 1.47. The van der Waals surface area contributed by atoms with Crippen LogP contribution in [0.2, 0.25) is 5.02 Å². The monoisotopic (exact) mass is 574 g/mol. The first-order chi connectivity index (χ1) is 13.8. The first kappa shape index (κ1) is 21.3. The highest BCUT2D eigenvalue weighted by atomic mass is 79.9. The lowest BCUT2D eigenvalue weighted by Crippen LogP contribution is -2.39. The number of hydrogen-bond acceptors (Lipinski definition) is 5. The van der Waals surface area contributed by atoms with Crippen LogP contribution in [0.5, 0.6) is 0 Å². The number of hydrogen-bond donors (Lipinski definition) is 0. The second kappa shape index (κ2) is 8.67. The lowest BCUT2D eigenvalue weighted by molar-refractivity contribution is 0.529. The zero-order valence-corrected chi connectivity index (χ0v) is 20.7. The van der Waals surface area contributed by atoms with Crippen molar-refractivity contribution in [3.05, 3.63) is 61.8 Å². The summed E-state index contributed by atoms with van der Waals surface area (Å²) in [7, 11) is -3.46. The topological polar surface area (TPSA) is 50.3 Å². The maximum absolute atomic E-state index is 13.0. The summed E-state index contributed by atoms with van der Waals surface area (Å²) >= 11 is 14.6. The van der Waals surface area contributed by atoms with Gasteiger partial charge in [-0.1, -0.05) is 55.6 Å². The van der Waals surface area contributed by atoms with Gasteiger partial charge in [-0.3, -0.25) is 0 Å². The molecule has 1 fully saturated rings. The van der Waals surface area contributed by atoms with Crippen LogP contribution in [-0.4, -0.2) is 31.7 Å². The number of sulfone groups is 1. The van der Waals surface area contributed by atoms with Crippen molar-refractivity contribution >= 4 is 69.8 Å². The molecule has 152 valence electrons. The van der Waals surface area contributed by atoms with E-state index in [0.717, 1.165) is 25.3 Å². The Morgan fingerprint density at radius 3 is 2.48 bits per heavy atom. The number of aromatic nitrogens is 1. The number of anilines is 1. The molecule has 4 nitrogen and oxygen atoms in total. The molecular formula is C20H17Br2ClN2O2S2. The summed E-state index contributed by atoms with van der Waals surface area (Å²) in [6.07, 6.45) is 1.11. The fraction of sp³-hybridized carbons (Fsp3) is 0.250. The average molecular weight is 577 g/mol. The van der Waals surface area contributed by atoms with Gasteiger partial charge in [0.2, 0.25) is 0 Å². The molecule has 2 heterocycles. The Morgan fingerprint density at radius 2 is 1.79 bits per heavy atom. The molecule has 29 heavy (non-hydrogen) atoms. The van der Waals surface area contributed by atoms with E-state index in [0.29, 0.717) is 25.9 Å². The Morgan fingerprint density at radius 1 is 1.07 bits per heavy atom. The largest absolute Gasteiger partial charge is 0.348 e. The highest BCUT2D eigenvalue weighted by Gasteiger charge is 2.33. The van der Waals surface area contributed by atoms with Gasteiger partial charge in [-0.15, -0.1) is 11.3 Å². The van der Waals surface area contributed by atoms with Crippen molar-refractivity contribution in [3.8, 4) is 11.3 Å². The lowest BCUT2D eigenvalue weighted by atomic mass is 10.1. The minimum absolute atomic E-state index is 0.215. The van der Waals surface area contributed by atoms with Crippen LogP contribution in [0.15, 0.2) is 61.7 Å². The number of piperidine rings is 1. The van der Waals surface area contributed by atoms with Gasteiger partial charge in [0.25, 0.3) is 0 Å². The van der Waals surface area contributed by atoms with E-state index in [4.69, 9.17) is 16.6 Å². The van der Waals surface area contributed by atoms with E-state index in [1.54, 1.807) is 29.5 Å². The third-order valence-corrected chi connectivity index (χ3v) is 9.60. The van der Waals surface area contributed by atoms with Crippen LogP contribution in [0, 0.1) is 0 Å². The van der Waals surface area contributed by atoms with Gasteiger partial charge in [0, 0.05) is 33.0 Å². The predicted molar refractivity (Wildman–Crippen MR) is 127 cm³/mol. The SMILES string of the molecule is O=S(=O)(c1ccc(Br)cc1Cl)C1CCN(c2nc(-c3cccc(Br)c3)cs2)CC1. The second-order valence-electron chi connectivity index (χ2n) is 6.83. The molecule has 0 atom stereocenters. The fourth-order valence-corrected chi connectivity index (χ4v) is 7.50. The van der Waals surface area contributed by atoms with Gasteiger partial charge in [0.05, 0.1) is 20.9 Å². The van der Waals surface area contributed by atoms with E-state index >= 15 is 0 Å². The first-order valence-electron chi connectivity index (χ1n) is 9.00. The minimum atomic E-state index is -3.46. The van der Waals surface area contributed by atoms with Crippen molar-refractivity contribution in [1.29, 1.82) is 0 Å². The molecule has 0 unspecified atom stereocenters. The third kappa shape index (κ3) is 4.56. The number of thiazole rings is 1. The van der Waals surface area contributed by atoms with Crippen LogP contribution in [0.25, 0.3) is 11.3 Å². The molecule has 0 aliphatic carbocycles. The van der Waals surface area contributed by atoms with Gasteiger partial charge in [-0.2, -0.15) is 0 Å². The molecule has 0 saturated carbocycles. The molecule has 1 aliphatic rings. The molecule has 1 saturated heterocycles. The molecule has 0 amide bonds. The summed E-state index contributed by atoms with van der Waals surface area (Å²) in [6.45, 7) is 1.31. The number of rotatable bonds is 4. The lowest BCUT2D eigenvalue weighted by Gasteiger charge is -2.31. The third-order valence-electron chi connectivity index (χ3n) is 4.96. The molecule has 0 N–H and O–H groups in total. The molecule has 1 aliphatic heterocycles. The van der Waals surface area contributed by atoms with Crippen LogP contribution in [0.3, 0.4) is 0 Å². The van der Waals surface area contributed by atoms with E-state index in [2.05, 4.69) is 36.8 Å². The average Bonchev–Trinajstić information content (AvgIpc) is 3.18. The summed E-state index contributed by atoms with van der Waals surface area (Å²) in [5.41, 5.74) is 1.99. The van der Waals surface area contributed by atoms with Crippen molar-refractivity contribution in [2.24, 2.45) is 0 Å². The molecule has 2 aromatic carbocycles. The van der Waals surface area contributed by atoms with E-state index in [1.165, 1.54) is 0 Å². The maximum atomic E-state index is 13.0.